The van der Waals surface area contributed by atoms with Gasteiger partial charge in [0.25, 0.3) is 5.56 Å². The highest BCUT2D eigenvalue weighted by Crippen LogP contribution is 2.25. The van der Waals surface area contributed by atoms with E-state index in [2.05, 4.69) is 16.9 Å². The van der Waals surface area contributed by atoms with Crippen molar-refractivity contribution >= 4 is 34.4 Å². The third kappa shape index (κ3) is 3.41. The highest BCUT2D eigenvalue weighted by atomic mass is 35.5. The molecule has 0 amide bonds. The summed E-state index contributed by atoms with van der Waals surface area (Å²) >= 11 is 7.38. The first-order valence-corrected chi connectivity index (χ1v) is 9.28. The summed E-state index contributed by atoms with van der Waals surface area (Å²) in [5.74, 6) is 0.279. The lowest BCUT2D eigenvalue weighted by Crippen LogP contribution is -2.23. The highest BCUT2D eigenvalue weighted by Gasteiger charge is 2.17. The smallest absolute Gasteiger partial charge is 0.268 e. The Labute approximate surface area is 154 Å². The Morgan fingerprint density at radius 1 is 1.24 bits per heavy atom. The molecular formula is C18H17ClFN3OS. The Balaban J connectivity index is 2.36. The van der Waals surface area contributed by atoms with Gasteiger partial charge in [-0.3, -0.25) is 9.36 Å². The second kappa shape index (κ2) is 7.14. The molecule has 130 valence electrons. The summed E-state index contributed by atoms with van der Waals surface area (Å²) in [6.45, 7) is 5.79. The van der Waals surface area contributed by atoms with Crippen molar-refractivity contribution in [1.82, 2.24) is 14.5 Å². The molecule has 2 aromatic heterocycles. The number of aryl methyl sites for hydroxylation is 2. The van der Waals surface area contributed by atoms with E-state index in [1.165, 1.54) is 34.5 Å². The molecule has 7 heteroatoms. The van der Waals surface area contributed by atoms with Crippen LogP contribution in [0.1, 0.15) is 24.6 Å². The molecule has 0 unspecified atom stereocenters. The number of nitrogens with zero attached hydrogens (tertiary/aromatic N) is 3. The number of benzene rings is 1. The van der Waals surface area contributed by atoms with E-state index in [0.717, 1.165) is 23.4 Å². The number of hydrogen-bond acceptors (Lipinski definition) is 4. The first-order chi connectivity index (χ1) is 11.9. The molecule has 0 fully saturated rings. The predicted molar refractivity (Wildman–Crippen MR) is 101 cm³/mol. The minimum atomic E-state index is -0.525. The quantitative estimate of drug-likeness (QED) is 0.488. The third-order valence-electron chi connectivity index (χ3n) is 3.73. The van der Waals surface area contributed by atoms with E-state index in [4.69, 9.17) is 11.6 Å². The minimum absolute atomic E-state index is 0.0327. The number of thioether (sulfide) groups is 1. The van der Waals surface area contributed by atoms with Gasteiger partial charge in [-0.05, 0) is 50.1 Å². The van der Waals surface area contributed by atoms with E-state index in [-0.39, 0.29) is 10.6 Å². The van der Waals surface area contributed by atoms with Gasteiger partial charge in [0.2, 0.25) is 0 Å². The molecule has 0 spiro atoms. The van der Waals surface area contributed by atoms with Crippen molar-refractivity contribution in [3.63, 3.8) is 0 Å². The maximum absolute atomic E-state index is 13.5. The van der Waals surface area contributed by atoms with Gasteiger partial charge in [-0.15, -0.1) is 0 Å². The largest absolute Gasteiger partial charge is 0.268 e. The molecule has 0 atom stereocenters. The topological polar surface area (TPSA) is 47.8 Å². The van der Waals surface area contributed by atoms with Gasteiger partial charge in [-0.25, -0.2) is 14.4 Å². The van der Waals surface area contributed by atoms with Crippen LogP contribution in [0.4, 0.5) is 4.39 Å². The molecule has 0 saturated carbocycles. The van der Waals surface area contributed by atoms with Crippen LogP contribution in [-0.4, -0.2) is 20.3 Å². The van der Waals surface area contributed by atoms with E-state index < -0.39 is 5.82 Å². The van der Waals surface area contributed by atoms with E-state index in [9.17, 15) is 9.18 Å². The van der Waals surface area contributed by atoms with Crippen LogP contribution in [0.3, 0.4) is 0 Å². The summed E-state index contributed by atoms with van der Waals surface area (Å²) in [5, 5.41) is 0.959. The molecule has 0 saturated heterocycles. The number of rotatable bonds is 4. The highest BCUT2D eigenvalue weighted by molar-refractivity contribution is 7.99. The molecular weight excluding hydrogens is 361 g/mol. The number of pyridine rings is 1. The molecule has 25 heavy (non-hydrogen) atoms. The van der Waals surface area contributed by atoms with Gasteiger partial charge in [0.05, 0.1) is 16.1 Å². The van der Waals surface area contributed by atoms with E-state index in [1.54, 1.807) is 0 Å². The number of halogens is 2. The molecule has 3 aromatic rings. The van der Waals surface area contributed by atoms with Crippen LogP contribution >= 0.6 is 23.4 Å². The second-order valence-corrected chi connectivity index (χ2v) is 7.23. The standard InChI is InChI=1S/C18H17ClFN3OS/c1-4-7-25-18-22-16-15(10(2)8-11(3)21-16)17(24)23(18)12-5-6-14(20)13(19)9-12/h5-6,8-9H,4,7H2,1-3H3. The molecule has 0 aliphatic heterocycles. The molecule has 2 heterocycles. The summed E-state index contributed by atoms with van der Waals surface area (Å²) < 4.78 is 15.0. The molecule has 0 aliphatic rings. The van der Waals surface area contributed by atoms with Crippen molar-refractivity contribution in [3.8, 4) is 5.69 Å². The fraction of sp³-hybridized carbons (Fsp3) is 0.278. The van der Waals surface area contributed by atoms with Crippen LogP contribution < -0.4 is 5.56 Å². The average molecular weight is 378 g/mol. The van der Waals surface area contributed by atoms with E-state index >= 15 is 0 Å². The molecule has 4 nitrogen and oxygen atoms in total. The molecule has 0 N–H and O–H groups in total. The van der Waals surface area contributed by atoms with Crippen LogP contribution in [0.25, 0.3) is 16.7 Å². The first kappa shape index (κ1) is 17.9. The van der Waals surface area contributed by atoms with Crippen molar-refractivity contribution in [2.24, 2.45) is 0 Å². The lowest BCUT2D eigenvalue weighted by atomic mass is 10.2. The van der Waals surface area contributed by atoms with Crippen LogP contribution in [-0.2, 0) is 0 Å². The average Bonchev–Trinajstić information content (AvgIpc) is 2.55. The summed E-state index contributed by atoms with van der Waals surface area (Å²) in [5.41, 5.74) is 2.33. The van der Waals surface area contributed by atoms with Gasteiger partial charge in [0, 0.05) is 11.4 Å². The van der Waals surface area contributed by atoms with Crippen LogP contribution in [0.5, 0.6) is 0 Å². The summed E-state index contributed by atoms with van der Waals surface area (Å²) in [6.07, 6.45) is 0.934. The van der Waals surface area contributed by atoms with Gasteiger partial charge < -0.3 is 0 Å². The fourth-order valence-corrected chi connectivity index (χ4v) is 3.67. The summed E-state index contributed by atoms with van der Waals surface area (Å²) in [4.78, 5) is 22.2. The zero-order valence-corrected chi connectivity index (χ0v) is 15.7. The third-order valence-corrected chi connectivity index (χ3v) is 5.17. The molecule has 0 bridgehead atoms. The monoisotopic (exact) mass is 377 g/mol. The maximum atomic E-state index is 13.5. The minimum Gasteiger partial charge on any atom is -0.268 e. The van der Waals surface area contributed by atoms with Gasteiger partial charge in [-0.2, -0.15) is 0 Å². The number of hydrogen-bond donors (Lipinski definition) is 0. The van der Waals surface area contributed by atoms with Gasteiger partial charge in [0.1, 0.15) is 5.82 Å². The molecule has 0 aliphatic carbocycles. The van der Waals surface area contributed by atoms with Gasteiger partial charge in [0.15, 0.2) is 10.8 Å². The Hall–Kier alpha value is -1.92. The maximum Gasteiger partial charge on any atom is 0.268 e. The number of aromatic nitrogens is 3. The Bertz CT molecular complexity index is 1020. The van der Waals surface area contributed by atoms with Crippen LogP contribution in [0.15, 0.2) is 34.2 Å². The Morgan fingerprint density at radius 2 is 2.00 bits per heavy atom. The molecule has 1 aromatic carbocycles. The lowest BCUT2D eigenvalue weighted by Gasteiger charge is -2.14. The fourth-order valence-electron chi connectivity index (χ4n) is 2.64. The van der Waals surface area contributed by atoms with Crippen molar-refractivity contribution in [3.05, 3.63) is 56.7 Å². The predicted octanol–water partition coefficient (Wildman–Crippen LogP) is 4.69. The lowest BCUT2D eigenvalue weighted by molar-refractivity contribution is 0.627. The zero-order chi connectivity index (χ0) is 18.1. The number of fused-ring (bicyclic) bond motifs is 1. The van der Waals surface area contributed by atoms with Crippen molar-refractivity contribution < 1.29 is 4.39 Å². The van der Waals surface area contributed by atoms with E-state index in [1.807, 2.05) is 19.9 Å². The van der Waals surface area contributed by atoms with Crippen molar-refractivity contribution in [2.45, 2.75) is 32.3 Å². The van der Waals surface area contributed by atoms with Crippen LogP contribution in [0, 0.1) is 19.7 Å². The molecule has 3 rings (SSSR count). The van der Waals surface area contributed by atoms with Crippen molar-refractivity contribution in [1.29, 1.82) is 0 Å². The Morgan fingerprint density at radius 3 is 2.68 bits per heavy atom. The summed E-state index contributed by atoms with van der Waals surface area (Å²) in [6, 6.07) is 6.08. The zero-order valence-electron chi connectivity index (χ0n) is 14.1. The van der Waals surface area contributed by atoms with Gasteiger partial charge >= 0.3 is 0 Å². The summed E-state index contributed by atoms with van der Waals surface area (Å²) in [7, 11) is 0. The Kier molecular flexibility index (Phi) is 5.11. The van der Waals surface area contributed by atoms with Crippen LogP contribution in [0.2, 0.25) is 5.02 Å². The normalized spacial score (nSPS) is 11.2. The van der Waals surface area contributed by atoms with Gasteiger partial charge in [-0.1, -0.05) is 30.3 Å². The van der Waals surface area contributed by atoms with Crippen molar-refractivity contribution in [2.75, 3.05) is 5.75 Å². The first-order valence-electron chi connectivity index (χ1n) is 7.91. The van der Waals surface area contributed by atoms with E-state index in [0.29, 0.717) is 21.9 Å². The molecule has 0 radical (unpaired) electrons. The SMILES string of the molecule is CCCSc1nc2nc(C)cc(C)c2c(=O)n1-c1ccc(F)c(Cl)c1. The second-order valence-electron chi connectivity index (χ2n) is 5.76.